The van der Waals surface area contributed by atoms with Gasteiger partial charge in [0.1, 0.15) is 5.76 Å². The molecule has 1 N–H and O–H groups in total. The van der Waals surface area contributed by atoms with Gasteiger partial charge in [-0.25, -0.2) is 9.97 Å². The molecule has 0 aliphatic rings. The SMILES string of the molecule is Cc1cc(C)nc(SCc2ccc(C(=O)NC(C)C)o2)n1. The molecular formula is C15H19N3O2S. The fraction of sp³-hybridized carbons (Fsp3) is 0.400. The number of amides is 1. The van der Waals surface area contributed by atoms with Crippen molar-refractivity contribution >= 4 is 17.7 Å². The van der Waals surface area contributed by atoms with Gasteiger partial charge < -0.3 is 9.73 Å². The number of hydrogen-bond donors (Lipinski definition) is 1. The minimum absolute atomic E-state index is 0.0871. The number of nitrogens with zero attached hydrogens (tertiary/aromatic N) is 2. The molecule has 0 fully saturated rings. The Bertz CT molecular complexity index is 617. The number of nitrogens with one attached hydrogen (secondary N) is 1. The van der Waals surface area contributed by atoms with Crippen LogP contribution in [0.3, 0.4) is 0 Å². The number of thioether (sulfide) groups is 1. The van der Waals surface area contributed by atoms with E-state index < -0.39 is 0 Å². The van der Waals surface area contributed by atoms with Crippen LogP contribution in [0.4, 0.5) is 0 Å². The first-order valence-corrected chi connectivity index (χ1v) is 7.77. The van der Waals surface area contributed by atoms with Crippen LogP contribution in [0.2, 0.25) is 0 Å². The maximum Gasteiger partial charge on any atom is 0.287 e. The van der Waals surface area contributed by atoms with Crippen molar-refractivity contribution in [3.05, 3.63) is 41.1 Å². The summed E-state index contributed by atoms with van der Waals surface area (Å²) in [5.41, 5.74) is 1.89. The number of aromatic nitrogens is 2. The molecule has 1 amide bonds. The van der Waals surface area contributed by atoms with Crippen molar-refractivity contribution in [2.24, 2.45) is 0 Å². The maximum absolute atomic E-state index is 11.8. The van der Waals surface area contributed by atoms with E-state index in [0.29, 0.717) is 11.5 Å². The predicted molar refractivity (Wildman–Crippen MR) is 82.4 cm³/mol. The third-order valence-electron chi connectivity index (χ3n) is 2.61. The van der Waals surface area contributed by atoms with Gasteiger partial charge >= 0.3 is 0 Å². The molecule has 0 aromatic carbocycles. The van der Waals surface area contributed by atoms with E-state index in [1.165, 1.54) is 11.8 Å². The summed E-state index contributed by atoms with van der Waals surface area (Å²) >= 11 is 1.49. The van der Waals surface area contributed by atoms with Crippen LogP contribution in [0.25, 0.3) is 0 Å². The highest BCUT2D eigenvalue weighted by Crippen LogP contribution is 2.21. The van der Waals surface area contributed by atoms with Gasteiger partial charge in [0, 0.05) is 17.4 Å². The van der Waals surface area contributed by atoms with E-state index in [1.807, 2.05) is 39.8 Å². The molecule has 6 heteroatoms. The van der Waals surface area contributed by atoms with Crippen molar-refractivity contribution in [2.45, 2.75) is 44.6 Å². The molecule has 0 radical (unpaired) electrons. The standard InChI is InChI=1S/C15H19N3O2S/c1-9(2)16-14(19)13-6-5-12(20-13)8-21-15-17-10(3)7-11(4)18-15/h5-7,9H,8H2,1-4H3,(H,16,19). The highest BCUT2D eigenvalue weighted by Gasteiger charge is 2.12. The van der Waals surface area contributed by atoms with Crippen LogP contribution in [0.5, 0.6) is 0 Å². The third kappa shape index (κ3) is 4.60. The predicted octanol–water partition coefficient (Wildman–Crippen LogP) is 3.12. The Kier molecular flexibility index (Phi) is 5.01. The van der Waals surface area contributed by atoms with E-state index in [4.69, 9.17) is 4.42 Å². The first-order valence-electron chi connectivity index (χ1n) is 6.78. The summed E-state index contributed by atoms with van der Waals surface area (Å²) in [6, 6.07) is 5.52. The fourth-order valence-electron chi connectivity index (χ4n) is 1.80. The summed E-state index contributed by atoms with van der Waals surface area (Å²) in [7, 11) is 0. The van der Waals surface area contributed by atoms with Crippen molar-refractivity contribution in [1.29, 1.82) is 0 Å². The molecule has 0 unspecified atom stereocenters. The topological polar surface area (TPSA) is 68.0 Å². The van der Waals surface area contributed by atoms with E-state index >= 15 is 0 Å². The van der Waals surface area contributed by atoms with E-state index in [2.05, 4.69) is 15.3 Å². The van der Waals surface area contributed by atoms with E-state index in [0.717, 1.165) is 22.3 Å². The minimum Gasteiger partial charge on any atom is -0.455 e. The third-order valence-corrected chi connectivity index (χ3v) is 3.48. The Hall–Kier alpha value is -1.82. The highest BCUT2D eigenvalue weighted by atomic mass is 32.2. The number of aryl methyl sites for hydroxylation is 2. The van der Waals surface area contributed by atoms with Gasteiger partial charge in [-0.3, -0.25) is 4.79 Å². The van der Waals surface area contributed by atoms with Crippen LogP contribution in [0, 0.1) is 13.8 Å². The van der Waals surface area contributed by atoms with Crippen LogP contribution in [0.15, 0.2) is 27.8 Å². The zero-order chi connectivity index (χ0) is 15.4. The summed E-state index contributed by atoms with van der Waals surface area (Å²) in [5, 5.41) is 3.52. The van der Waals surface area contributed by atoms with E-state index in [1.54, 1.807) is 6.07 Å². The van der Waals surface area contributed by atoms with Crippen molar-refractivity contribution in [2.75, 3.05) is 0 Å². The normalized spacial score (nSPS) is 10.9. The molecule has 0 saturated heterocycles. The average molecular weight is 305 g/mol. The second-order valence-electron chi connectivity index (χ2n) is 5.12. The van der Waals surface area contributed by atoms with Crippen LogP contribution < -0.4 is 5.32 Å². The lowest BCUT2D eigenvalue weighted by Gasteiger charge is -2.05. The van der Waals surface area contributed by atoms with Crippen LogP contribution in [0.1, 0.15) is 41.6 Å². The number of furan rings is 1. The molecule has 2 aromatic heterocycles. The first kappa shape index (κ1) is 15.6. The molecule has 0 bridgehead atoms. The lowest BCUT2D eigenvalue weighted by atomic mass is 10.3. The molecule has 0 aliphatic heterocycles. The Balaban J connectivity index is 1.98. The molecule has 112 valence electrons. The summed E-state index contributed by atoms with van der Waals surface area (Å²) in [5.74, 6) is 1.47. The molecule has 2 aromatic rings. The molecule has 0 spiro atoms. The molecule has 0 aliphatic carbocycles. The van der Waals surface area contributed by atoms with Gasteiger partial charge in [-0.05, 0) is 45.9 Å². The highest BCUT2D eigenvalue weighted by molar-refractivity contribution is 7.98. The molecule has 2 rings (SSSR count). The van der Waals surface area contributed by atoms with Crippen LogP contribution in [-0.4, -0.2) is 21.9 Å². The van der Waals surface area contributed by atoms with Gasteiger partial charge in [-0.1, -0.05) is 11.8 Å². The molecule has 21 heavy (non-hydrogen) atoms. The fourth-order valence-corrected chi connectivity index (χ4v) is 2.65. The Labute approximate surface area is 128 Å². The molecule has 5 nitrogen and oxygen atoms in total. The van der Waals surface area contributed by atoms with Crippen molar-refractivity contribution in [1.82, 2.24) is 15.3 Å². The largest absolute Gasteiger partial charge is 0.455 e. The minimum atomic E-state index is -0.191. The van der Waals surface area contributed by atoms with Crippen LogP contribution >= 0.6 is 11.8 Å². The summed E-state index contributed by atoms with van der Waals surface area (Å²) in [6.45, 7) is 7.71. The number of hydrogen-bond acceptors (Lipinski definition) is 5. The van der Waals surface area contributed by atoms with Gasteiger partial charge in [0.2, 0.25) is 0 Å². The molecule has 0 saturated carbocycles. The Morgan fingerprint density at radius 3 is 2.57 bits per heavy atom. The second-order valence-corrected chi connectivity index (χ2v) is 6.06. The molecular weight excluding hydrogens is 286 g/mol. The van der Waals surface area contributed by atoms with E-state index in [9.17, 15) is 4.79 Å². The maximum atomic E-state index is 11.8. The summed E-state index contributed by atoms with van der Waals surface area (Å²) in [4.78, 5) is 20.5. The Morgan fingerprint density at radius 2 is 1.95 bits per heavy atom. The van der Waals surface area contributed by atoms with Crippen LogP contribution in [-0.2, 0) is 5.75 Å². The first-order chi connectivity index (χ1) is 9.94. The lowest BCUT2D eigenvalue weighted by Crippen LogP contribution is -2.29. The smallest absolute Gasteiger partial charge is 0.287 e. The van der Waals surface area contributed by atoms with E-state index in [-0.39, 0.29) is 11.9 Å². The molecule has 0 atom stereocenters. The molecule has 2 heterocycles. The summed E-state index contributed by atoms with van der Waals surface area (Å²) < 4.78 is 5.54. The monoisotopic (exact) mass is 305 g/mol. The quantitative estimate of drug-likeness (QED) is 0.679. The lowest BCUT2D eigenvalue weighted by molar-refractivity contribution is 0.0914. The van der Waals surface area contributed by atoms with Gasteiger partial charge in [0.15, 0.2) is 10.9 Å². The average Bonchev–Trinajstić information content (AvgIpc) is 2.83. The van der Waals surface area contributed by atoms with Crippen molar-refractivity contribution in [3.63, 3.8) is 0 Å². The van der Waals surface area contributed by atoms with Gasteiger partial charge in [0.25, 0.3) is 5.91 Å². The number of rotatable bonds is 5. The summed E-state index contributed by atoms with van der Waals surface area (Å²) in [6.07, 6.45) is 0. The zero-order valence-corrected chi connectivity index (χ0v) is 13.5. The van der Waals surface area contributed by atoms with Crippen molar-refractivity contribution < 1.29 is 9.21 Å². The second kappa shape index (κ2) is 6.76. The van der Waals surface area contributed by atoms with Gasteiger partial charge in [0.05, 0.1) is 5.75 Å². The van der Waals surface area contributed by atoms with Crippen molar-refractivity contribution in [3.8, 4) is 0 Å². The Morgan fingerprint density at radius 1 is 1.29 bits per heavy atom. The number of carbonyl (C=O) groups excluding carboxylic acids is 1. The number of carbonyl (C=O) groups is 1. The zero-order valence-electron chi connectivity index (χ0n) is 12.6. The van der Waals surface area contributed by atoms with Gasteiger partial charge in [-0.2, -0.15) is 0 Å². The van der Waals surface area contributed by atoms with Gasteiger partial charge in [-0.15, -0.1) is 0 Å².